The second-order valence-corrected chi connectivity index (χ2v) is 8.76. The fourth-order valence-corrected chi connectivity index (χ4v) is 4.30. The topological polar surface area (TPSA) is 117 Å². The number of carbonyl (C=O) groups excluding carboxylic acids is 1. The van der Waals surface area contributed by atoms with Crippen LogP contribution in [0.1, 0.15) is 25.7 Å². The molecule has 0 bridgehead atoms. The normalized spacial score (nSPS) is 15.7. The Kier molecular flexibility index (Phi) is 7.78. The van der Waals surface area contributed by atoms with Gasteiger partial charge in [-0.1, -0.05) is 36.9 Å². The first kappa shape index (κ1) is 24.0. The van der Waals surface area contributed by atoms with Gasteiger partial charge in [0.1, 0.15) is 42.0 Å². The number of nitrogens with zero attached hydrogens (tertiary/aromatic N) is 4. The zero-order chi connectivity index (χ0) is 24.6. The van der Waals surface area contributed by atoms with Gasteiger partial charge in [-0.25, -0.2) is 9.97 Å². The van der Waals surface area contributed by atoms with Crippen LogP contribution < -0.4 is 15.8 Å². The van der Waals surface area contributed by atoms with Gasteiger partial charge in [-0.05, 0) is 54.9 Å². The van der Waals surface area contributed by atoms with Crippen LogP contribution in [0.4, 0.5) is 11.6 Å². The van der Waals surface area contributed by atoms with E-state index >= 15 is 0 Å². The van der Waals surface area contributed by atoms with Crippen molar-refractivity contribution < 1.29 is 9.53 Å². The van der Waals surface area contributed by atoms with E-state index in [1.165, 1.54) is 11.9 Å². The Balaban J connectivity index is 1.36. The van der Waals surface area contributed by atoms with Crippen LogP contribution in [0.3, 0.4) is 0 Å². The first-order valence-electron chi connectivity index (χ1n) is 11.9. The van der Waals surface area contributed by atoms with E-state index < -0.39 is 0 Å². The number of likely N-dealkylation sites (tertiary alicyclic amines) is 1. The lowest BCUT2D eigenvalue weighted by Gasteiger charge is -2.32. The van der Waals surface area contributed by atoms with Crippen LogP contribution in [0.15, 0.2) is 66.5 Å². The number of allylic oxidation sites excluding steroid dienone is 2. The van der Waals surface area contributed by atoms with E-state index in [-0.39, 0.29) is 11.5 Å². The molecule has 1 amide bonds. The van der Waals surface area contributed by atoms with Crippen LogP contribution in [-0.4, -0.2) is 47.0 Å². The zero-order valence-corrected chi connectivity index (χ0v) is 19.7. The van der Waals surface area contributed by atoms with Gasteiger partial charge in [-0.2, -0.15) is 5.26 Å². The highest BCUT2D eigenvalue weighted by molar-refractivity contribution is 5.96. The molecular formula is C27H30N6O2. The van der Waals surface area contributed by atoms with Gasteiger partial charge in [-0.3, -0.25) is 4.79 Å². The molecule has 1 aromatic heterocycles. The summed E-state index contributed by atoms with van der Waals surface area (Å²) in [5.74, 6) is 1.98. The molecule has 2 heterocycles. The fourth-order valence-electron chi connectivity index (χ4n) is 4.30. The lowest BCUT2D eigenvalue weighted by atomic mass is 9.96. The van der Waals surface area contributed by atoms with Crippen molar-refractivity contribution in [1.82, 2.24) is 14.9 Å². The van der Waals surface area contributed by atoms with Crippen molar-refractivity contribution in [2.75, 3.05) is 37.3 Å². The predicted octanol–water partition coefficient (Wildman–Crippen LogP) is 4.11. The molecule has 8 nitrogen and oxygen atoms in total. The Morgan fingerprint density at radius 2 is 2.00 bits per heavy atom. The summed E-state index contributed by atoms with van der Waals surface area (Å²) in [6.45, 7) is 6.00. The van der Waals surface area contributed by atoms with E-state index in [1.807, 2.05) is 30.3 Å². The van der Waals surface area contributed by atoms with Gasteiger partial charge < -0.3 is 20.7 Å². The molecule has 2 aromatic rings. The van der Waals surface area contributed by atoms with Gasteiger partial charge in [0.25, 0.3) is 5.91 Å². The summed E-state index contributed by atoms with van der Waals surface area (Å²) < 4.78 is 5.92. The summed E-state index contributed by atoms with van der Waals surface area (Å²) in [4.78, 5) is 22.5. The number of benzene rings is 1. The Bertz CT molecular complexity index is 1170. The van der Waals surface area contributed by atoms with Gasteiger partial charge in [0.05, 0.1) is 5.56 Å². The molecule has 0 radical (unpaired) electrons. The van der Waals surface area contributed by atoms with Crippen molar-refractivity contribution in [3.63, 3.8) is 0 Å². The number of hydrogen-bond acceptors (Lipinski definition) is 7. The van der Waals surface area contributed by atoms with Crippen LogP contribution in [0.2, 0.25) is 0 Å². The van der Waals surface area contributed by atoms with Crippen LogP contribution in [0.25, 0.3) is 11.1 Å². The minimum atomic E-state index is -0.274. The lowest BCUT2D eigenvalue weighted by molar-refractivity contribution is -0.127. The molecule has 8 heteroatoms. The molecule has 4 rings (SSSR count). The number of carbonyl (C=O) groups is 1. The van der Waals surface area contributed by atoms with Gasteiger partial charge in [0.15, 0.2) is 0 Å². The average Bonchev–Trinajstić information content (AvgIpc) is 2.91. The van der Waals surface area contributed by atoms with Crippen molar-refractivity contribution in [1.29, 1.82) is 5.26 Å². The minimum Gasteiger partial charge on any atom is -0.489 e. The highest BCUT2D eigenvalue weighted by Crippen LogP contribution is 2.32. The summed E-state index contributed by atoms with van der Waals surface area (Å²) in [5.41, 5.74) is 9.08. The molecule has 1 aliphatic heterocycles. The largest absolute Gasteiger partial charge is 0.489 e. The second-order valence-electron chi connectivity index (χ2n) is 8.76. The summed E-state index contributed by atoms with van der Waals surface area (Å²) >= 11 is 0. The smallest absolute Gasteiger partial charge is 0.263 e. The third-order valence-electron chi connectivity index (χ3n) is 6.35. The molecular weight excluding hydrogens is 440 g/mol. The van der Waals surface area contributed by atoms with Crippen molar-refractivity contribution in [2.45, 2.75) is 25.7 Å². The van der Waals surface area contributed by atoms with Crippen LogP contribution in [-0.2, 0) is 4.79 Å². The summed E-state index contributed by atoms with van der Waals surface area (Å²) in [7, 11) is 0. The molecule has 3 N–H and O–H groups in total. The molecule has 1 aromatic carbocycles. The number of nitrogens with two attached hydrogens (primary N) is 1. The van der Waals surface area contributed by atoms with E-state index in [0.717, 1.165) is 42.6 Å². The number of ether oxygens (including phenoxy) is 1. The van der Waals surface area contributed by atoms with Gasteiger partial charge in [0, 0.05) is 19.6 Å². The number of amides is 1. The summed E-state index contributed by atoms with van der Waals surface area (Å²) in [6.07, 6.45) is 11.8. The highest BCUT2D eigenvalue weighted by Gasteiger charge is 2.24. The molecule has 180 valence electrons. The van der Waals surface area contributed by atoms with E-state index in [9.17, 15) is 4.79 Å². The molecule has 0 atom stereocenters. The van der Waals surface area contributed by atoms with Crippen molar-refractivity contribution in [3.8, 4) is 22.9 Å². The molecule has 1 aliphatic carbocycles. The van der Waals surface area contributed by atoms with Gasteiger partial charge >= 0.3 is 0 Å². The van der Waals surface area contributed by atoms with E-state index in [0.29, 0.717) is 43.8 Å². The predicted molar refractivity (Wildman–Crippen MR) is 136 cm³/mol. The maximum absolute atomic E-state index is 12.1. The second kappa shape index (κ2) is 11.3. The number of nitriles is 1. The highest BCUT2D eigenvalue weighted by atomic mass is 16.5. The number of aromatic nitrogens is 2. The molecule has 0 unspecified atom stereocenters. The third kappa shape index (κ3) is 6.07. The summed E-state index contributed by atoms with van der Waals surface area (Å²) in [5, 5.41) is 12.3. The molecule has 35 heavy (non-hydrogen) atoms. The molecule has 0 saturated carbocycles. The quantitative estimate of drug-likeness (QED) is 0.440. The number of nitrogen functional groups attached to an aromatic ring is 1. The zero-order valence-electron chi connectivity index (χ0n) is 19.7. The van der Waals surface area contributed by atoms with Crippen LogP contribution in [0, 0.1) is 17.2 Å². The van der Waals surface area contributed by atoms with Crippen molar-refractivity contribution in [2.24, 2.45) is 5.92 Å². The van der Waals surface area contributed by atoms with Gasteiger partial charge in [-0.15, -0.1) is 0 Å². The van der Waals surface area contributed by atoms with Crippen LogP contribution >= 0.6 is 0 Å². The SMILES string of the molecule is C=C(C#N)C(=O)N1CCC(CNc2ncnc(N)c2-c2ccc(OCC3=CCCC=C3)cc2)CC1. The van der Waals surface area contributed by atoms with Gasteiger partial charge in [0.2, 0.25) is 0 Å². The average molecular weight is 471 g/mol. The molecule has 2 aliphatic rings. The first-order chi connectivity index (χ1) is 17.0. The maximum Gasteiger partial charge on any atom is 0.263 e. The number of hydrogen-bond donors (Lipinski definition) is 2. The van der Waals surface area contributed by atoms with E-state index in [2.05, 4.69) is 40.1 Å². The van der Waals surface area contributed by atoms with E-state index in [4.69, 9.17) is 15.7 Å². The number of piperidine rings is 1. The molecule has 1 fully saturated rings. The minimum absolute atomic E-state index is 0.0120. The lowest BCUT2D eigenvalue weighted by Crippen LogP contribution is -2.40. The first-order valence-corrected chi connectivity index (χ1v) is 11.9. The molecule has 1 saturated heterocycles. The van der Waals surface area contributed by atoms with Crippen molar-refractivity contribution in [3.05, 3.63) is 66.5 Å². The number of rotatable bonds is 8. The Hall–Kier alpha value is -4.12. The summed E-state index contributed by atoms with van der Waals surface area (Å²) in [6, 6.07) is 9.63. The number of nitrogens with one attached hydrogen (secondary N) is 1. The Morgan fingerprint density at radius 3 is 2.69 bits per heavy atom. The van der Waals surface area contributed by atoms with Crippen LogP contribution in [0.5, 0.6) is 5.75 Å². The molecule has 0 spiro atoms. The fraction of sp³-hybridized carbons (Fsp3) is 0.333. The number of anilines is 2. The Labute approximate surface area is 205 Å². The van der Waals surface area contributed by atoms with Crippen molar-refractivity contribution >= 4 is 17.5 Å². The maximum atomic E-state index is 12.1. The monoisotopic (exact) mass is 470 g/mol. The Morgan fingerprint density at radius 1 is 1.23 bits per heavy atom. The van der Waals surface area contributed by atoms with E-state index in [1.54, 1.807) is 4.90 Å². The third-order valence-corrected chi connectivity index (χ3v) is 6.35. The standard InChI is InChI=1S/C27H30N6O2/c1-19(15-28)27(34)33-13-11-20(12-14-33)16-30-26-24(25(29)31-18-32-26)22-7-9-23(10-8-22)35-17-21-5-3-2-4-6-21/h3,5-10,18,20H,1-2,4,11-14,16-17H2,(H3,29,30,31,32).